The van der Waals surface area contributed by atoms with Crippen molar-refractivity contribution in [2.45, 2.75) is 45.2 Å². The number of nitrogens with zero attached hydrogens (tertiary/aromatic N) is 2. The van der Waals surface area contributed by atoms with Crippen LogP contribution in [0.2, 0.25) is 0 Å². The summed E-state index contributed by atoms with van der Waals surface area (Å²) in [6, 6.07) is -0.116. The number of piperazine rings is 1. The predicted molar refractivity (Wildman–Crippen MR) is 86.2 cm³/mol. The van der Waals surface area contributed by atoms with Crippen LogP contribution in [-0.4, -0.2) is 48.0 Å². The number of oxazole rings is 1. The van der Waals surface area contributed by atoms with E-state index < -0.39 is 0 Å². The van der Waals surface area contributed by atoms with E-state index in [1.165, 1.54) is 0 Å². The van der Waals surface area contributed by atoms with Crippen LogP contribution >= 0.6 is 12.4 Å². The van der Waals surface area contributed by atoms with Crippen LogP contribution in [0.25, 0.3) is 0 Å². The Bertz CT molecular complexity index is 532. The van der Waals surface area contributed by atoms with Crippen molar-refractivity contribution in [1.82, 2.24) is 20.5 Å². The van der Waals surface area contributed by atoms with Crippen molar-refractivity contribution < 1.29 is 9.21 Å². The van der Waals surface area contributed by atoms with Gasteiger partial charge in [0.05, 0.1) is 12.6 Å². The fraction of sp³-hybridized carbons (Fsp3) is 0.733. The third-order valence-electron chi connectivity index (χ3n) is 4.02. The molecule has 124 valence electrons. The van der Waals surface area contributed by atoms with E-state index in [1.54, 1.807) is 0 Å². The predicted octanol–water partition coefficient (Wildman–Crippen LogP) is 0.840. The van der Waals surface area contributed by atoms with E-state index in [4.69, 9.17) is 4.42 Å². The molecule has 1 saturated heterocycles. The first-order valence-corrected chi connectivity index (χ1v) is 7.67. The van der Waals surface area contributed by atoms with E-state index in [-0.39, 0.29) is 29.8 Å². The van der Waals surface area contributed by atoms with Gasteiger partial charge in [0.25, 0.3) is 0 Å². The monoisotopic (exact) mass is 328 g/mol. The summed E-state index contributed by atoms with van der Waals surface area (Å²) in [6.45, 7) is 10.0. The molecule has 1 aromatic heterocycles. The molecule has 0 radical (unpaired) electrons. The molecule has 0 saturated carbocycles. The molecule has 0 spiro atoms. The van der Waals surface area contributed by atoms with Crippen LogP contribution in [0.5, 0.6) is 0 Å². The maximum absolute atomic E-state index is 12.5. The topological polar surface area (TPSA) is 70.4 Å². The number of fused-ring (bicyclic) bond motifs is 1. The molecule has 1 aromatic rings. The van der Waals surface area contributed by atoms with Crippen molar-refractivity contribution in [2.24, 2.45) is 0 Å². The minimum Gasteiger partial charge on any atom is -0.445 e. The van der Waals surface area contributed by atoms with Gasteiger partial charge in [0.15, 0.2) is 5.89 Å². The zero-order valence-electron chi connectivity index (χ0n) is 13.4. The molecule has 0 bridgehead atoms. The summed E-state index contributed by atoms with van der Waals surface area (Å²) in [6.07, 6.45) is 0.754. The fourth-order valence-electron chi connectivity index (χ4n) is 2.76. The second kappa shape index (κ2) is 6.56. The van der Waals surface area contributed by atoms with Gasteiger partial charge in [-0.2, -0.15) is 0 Å². The van der Waals surface area contributed by atoms with Crippen LogP contribution < -0.4 is 10.6 Å². The van der Waals surface area contributed by atoms with Gasteiger partial charge in [-0.1, -0.05) is 20.8 Å². The lowest BCUT2D eigenvalue weighted by Crippen LogP contribution is -2.57. The van der Waals surface area contributed by atoms with Gasteiger partial charge in [0.1, 0.15) is 11.5 Å². The fourth-order valence-corrected chi connectivity index (χ4v) is 2.76. The zero-order valence-corrected chi connectivity index (χ0v) is 14.3. The molecule has 7 heteroatoms. The minimum atomic E-state index is -0.116. The summed E-state index contributed by atoms with van der Waals surface area (Å²) in [7, 11) is 0. The molecule has 2 N–H and O–H groups in total. The highest BCUT2D eigenvalue weighted by Gasteiger charge is 2.32. The number of amides is 1. The van der Waals surface area contributed by atoms with Gasteiger partial charge in [0.2, 0.25) is 5.91 Å². The molecule has 6 nitrogen and oxygen atoms in total. The Morgan fingerprint density at radius 1 is 1.36 bits per heavy atom. The maximum Gasteiger partial charge on any atom is 0.241 e. The lowest BCUT2D eigenvalue weighted by molar-refractivity contribution is -0.134. The highest BCUT2D eigenvalue weighted by Crippen LogP contribution is 2.27. The Labute approximate surface area is 137 Å². The summed E-state index contributed by atoms with van der Waals surface area (Å²) in [5.41, 5.74) is 0.824. The first kappa shape index (κ1) is 17.2. The van der Waals surface area contributed by atoms with E-state index in [2.05, 4.69) is 36.4 Å². The largest absolute Gasteiger partial charge is 0.445 e. The normalized spacial score (nSPS) is 22.0. The Balaban J connectivity index is 0.00000176. The van der Waals surface area contributed by atoms with Gasteiger partial charge >= 0.3 is 0 Å². The minimum absolute atomic E-state index is 0. The van der Waals surface area contributed by atoms with E-state index in [0.717, 1.165) is 36.9 Å². The smallest absolute Gasteiger partial charge is 0.241 e. The van der Waals surface area contributed by atoms with Crippen molar-refractivity contribution in [3.8, 4) is 0 Å². The van der Waals surface area contributed by atoms with E-state index in [9.17, 15) is 4.79 Å². The second-order valence-corrected chi connectivity index (χ2v) is 6.86. The van der Waals surface area contributed by atoms with Crippen LogP contribution in [0, 0.1) is 0 Å². The lowest BCUT2D eigenvalue weighted by Gasteiger charge is -2.31. The molecule has 1 fully saturated rings. The lowest BCUT2D eigenvalue weighted by atomic mass is 9.97. The number of halogens is 1. The Hall–Kier alpha value is -1.11. The molecule has 1 amide bonds. The number of rotatable bonds is 1. The van der Waals surface area contributed by atoms with Crippen LogP contribution in [0.1, 0.15) is 38.1 Å². The van der Waals surface area contributed by atoms with Gasteiger partial charge in [-0.15, -0.1) is 12.4 Å². The van der Waals surface area contributed by atoms with Gasteiger partial charge in [0, 0.05) is 38.0 Å². The van der Waals surface area contributed by atoms with Crippen LogP contribution in [0.15, 0.2) is 4.42 Å². The number of hydrogen-bond acceptors (Lipinski definition) is 5. The molecule has 0 unspecified atom stereocenters. The van der Waals surface area contributed by atoms with Crippen molar-refractivity contribution in [3.63, 3.8) is 0 Å². The second-order valence-electron chi connectivity index (χ2n) is 6.86. The first-order valence-electron chi connectivity index (χ1n) is 7.67. The van der Waals surface area contributed by atoms with Crippen molar-refractivity contribution in [2.75, 3.05) is 26.2 Å². The van der Waals surface area contributed by atoms with Crippen molar-refractivity contribution in [3.05, 3.63) is 17.3 Å². The van der Waals surface area contributed by atoms with E-state index in [0.29, 0.717) is 19.6 Å². The Morgan fingerprint density at radius 3 is 2.77 bits per heavy atom. The van der Waals surface area contributed by atoms with Crippen molar-refractivity contribution in [1.29, 1.82) is 0 Å². The molecule has 3 rings (SSSR count). The molecule has 0 aliphatic carbocycles. The molecule has 22 heavy (non-hydrogen) atoms. The molecular weight excluding hydrogens is 304 g/mol. The van der Waals surface area contributed by atoms with E-state index >= 15 is 0 Å². The third kappa shape index (κ3) is 3.45. The molecule has 3 heterocycles. The standard InChI is InChI=1S/C15H24N4O2.ClH/c1-15(2,3)14-18-11-9-19(7-4-12(11)21-14)13(20)10-8-16-5-6-17-10;/h10,16-17H,4-9H2,1-3H3;1H/t10-;/m0./s1. The number of aromatic nitrogens is 1. The molecule has 2 aliphatic heterocycles. The van der Waals surface area contributed by atoms with Crippen LogP contribution in [0.4, 0.5) is 0 Å². The quantitative estimate of drug-likeness (QED) is 0.799. The van der Waals surface area contributed by atoms with Gasteiger partial charge in [-0.3, -0.25) is 4.79 Å². The average Bonchev–Trinajstić information content (AvgIpc) is 2.90. The number of carbonyl (C=O) groups is 1. The molecule has 1 atom stereocenters. The van der Waals surface area contributed by atoms with Gasteiger partial charge in [-0.25, -0.2) is 4.98 Å². The summed E-state index contributed by atoms with van der Waals surface area (Å²) >= 11 is 0. The van der Waals surface area contributed by atoms with Gasteiger partial charge < -0.3 is 20.0 Å². The molecular formula is C15H25ClN4O2. The third-order valence-corrected chi connectivity index (χ3v) is 4.02. The van der Waals surface area contributed by atoms with Gasteiger partial charge in [-0.05, 0) is 0 Å². The molecule has 2 aliphatic rings. The first-order chi connectivity index (χ1) is 9.95. The van der Waals surface area contributed by atoms with Crippen molar-refractivity contribution >= 4 is 18.3 Å². The van der Waals surface area contributed by atoms with Crippen LogP contribution in [-0.2, 0) is 23.2 Å². The maximum atomic E-state index is 12.5. The summed E-state index contributed by atoms with van der Waals surface area (Å²) in [5.74, 6) is 1.87. The Morgan fingerprint density at radius 2 is 2.14 bits per heavy atom. The van der Waals surface area contributed by atoms with Crippen LogP contribution in [0.3, 0.4) is 0 Å². The SMILES string of the molecule is CC(C)(C)c1nc2c(o1)CCN(C(=O)[C@@H]1CNCCN1)C2.Cl. The molecule has 0 aromatic carbocycles. The van der Waals surface area contributed by atoms with E-state index in [1.807, 2.05) is 4.90 Å². The number of carbonyl (C=O) groups excluding carboxylic acids is 1. The summed E-state index contributed by atoms with van der Waals surface area (Å²) in [5, 5.41) is 6.53. The summed E-state index contributed by atoms with van der Waals surface area (Å²) < 4.78 is 5.87. The Kier molecular flexibility index (Phi) is 5.14. The summed E-state index contributed by atoms with van der Waals surface area (Å²) in [4.78, 5) is 19.0. The highest BCUT2D eigenvalue weighted by molar-refractivity contribution is 5.85. The number of nitrogens with one attached hydrogen (secondary N) is 2. The zero-order chi connectivity index (χ0) is 15.0. The number of hydrogen-bond donors (Lipinski definition) is 2. The highest BCUT2D eigenvalue weighted by atomic mass is 35.5. The average molecular weight is 329 g/mol.